The first-order valence-electron chi connectivity index (χ1n) is 4.06. The molecule has 0 saturated carbocycles. The van der Waals surface area contributed by atoms with Crippen LogP contribution in [0.2, 0.25) is 0 Å². The van der Waals surface area contributed by atoms with E-state index in [1.807, 2.05) is 0 Å². The number of nitrogen functional groups attached to an aromatic ring is 1. The van der Waals surface area contributed by atoms with Crippen molar-refractivity contribution >= 4 is 5.82 Å². The van der Waals surface area contributed by atoms with Crippen LogP contribution in [0.4, 0.5) is 5.82 Å². The number of anilines is 1. The van der Waals surface area contributed by atoms with Crippen LogP contribution in [0.25, 0.3) is 0 Å². The average Bonchev–Trinajstić information content (AvgIpc) is 2.13. The second kappa shape index (κ2) is 4.61. The minimum Gasteiger partial charge on any atom is -0.477 e. The van der Waals surface area contributed by atoms with Crippen molar-refractivity contribution in [2.45, 2.75) is 13.3 Å². The number of nitrogens with zero attached hydrogens (tertiary/aromatic N) is 2. The largest absolute Gasteiger partial charge is 0.477 e. The molecular weight excluding hydrogens is 170 g/mol. The van der Waals surface area contributed by atoms with E-state index in [1.54, 1.807) is 6.92 Å². The molecule has 0 unspecified atom stereocenters. The molecule has 0 atom stereocenters. The van der Waals surface area contributed by atoms with Gasteiger partial charge in [-0.05, 0) is 6.92 Å². The minimum absolute atomic E-state index is 0.111. The van der Waals surface area contributed by atoms with Crippen molar-refractivity contribution < 1.29 is 9.84 Å². The maximum Gasteiger partial charge on any atom is 0.221 e. The van der Waals surface area contributed by atoms with Crippen molar-refractivity contribution in [1.29, 1.82) is 0 Å². The van der Waals surface area contributed by atoms with Crippen LogP contribution in [0.3, 0.4) is 0 Å². The van der Waals surface area contributed by atoms with Gasteiger partial charge >= 0.3 is 0 Å². The van der Waals surface area contributed by atoms with Crippen molar-refractivity contribution in [3.05, 3.63) is 11.9 Å². The molecule has 0 aromatic carbocycles. The van der Waals surface area contributed by atoms with E-state index in [2.05, 4.69) is 9.97 Å². The van der Waals surface area contributed by atoms with E-state index in [4.69, 9.17) is 15.6 Å². The number of nitrogens with two attached hydrogens (primary N) is 1. The second-order valence-corrected chi connectivity index (χ2v) is 2.61. The van der Waals surface area contributed by atoms with Gasteiger partial charge in [-0.15, -0.1) is 0 Å². The number of rotatable bonds is 4. The summed E-state index contributed by atoms with van der Waals surface area (Å²) in [7, 11) is 0. The maximum absolute atomic E-state index is 8.53. The summed E-state index contributed by atoms with van der Waals surface area (Å²) >= 11 is 0. The zero-order chi connectivity index (χ0) is 9.68. The van der Waals surface area contributed by atoms with Crippen LogP contribution in [-0.2, 0) is 0 Å². The first-order valence-corrected chi connectivity index (χ1v) is 4.06. The van der Waals surface area contributed by atoms with Crippen molar-refractivity contribution in [1.82, 2.24) is 9.97 Å². The summed E-state index contributed by atoms with van der Waals surface area (Å²) in [5.41, 5.74) is 6.28. The smallest absolute Gasteiger partial charge is 0.221 e. The summed E-state index contributed by atoms with van der Waals surface area (Å²) in [6.07, 6.45) is 1.94. The Morgan fingerprint density at radius 1 is 1.54 bits per heavy atom. The third-order valence-corrected chi connectivity index (χ3v) is 1.62. The number of aliphatic hydroxyl groups is 1. The van der Waals surface area contributed by atoms with E-state index >= 15 is 0 Å². The van der Waals surface area contributed by atoms with E-state index in [0.717, 1.165) is 5.56 Å². The van der Waals surface area contributed by atoms with Gasteiger partial charge in [0.25, 0.3) is 0 Å². The van der Waals surface area contributed by atoms with Crippen molar-refractivity contribution in [3.8, 4) is 5.88 Å². The predicted molar refractivity (Wildman–Crippen MR) is 48.4 cm³/mol. The maximum atomic E-state index is 8.53. The molecule has 0 saturated heterocycles. The Kier molecular flexibility index (Phi) is 3.45. The number of hydrogen-bond acceptors (Lipinski definition) is 5. The van der Waals surface area contributed by atoms with Crippen LogP contribution in [0.1, 0.15) is 12.0 Å². The van der Waals surface area contributed by atoms with E-state index in [-0.39, 0.29) is 6.61 Å². The lowest BCUT2D eigenvalue weighted by molar-refractivity contribution is 0.228. The van der Waals surface area contributed by atoms with Gasteiger partial charge in [0.05, 0.1) is 12.2 Å². The molecule has 0 spiro atoms. The second-order valence-electron chi connectivity index (χ2n) is 2.61. The van der Waals surface area contributed by atoms with E-state index in [9.17, 15) is 0 Å². The van der Waals surface area contributed by atoms with E-state index in [1.165, 1.54) is 6.33 Å². The van der Waals surface area contributed by atoms with Crippen molar-refractivity contribution in [2.24, 2.45) is 0 Å². The van der Waals surface area contributed by atoms with Crippen LogP contribution < -0.4 is 10.5 Å². The molecule has 1 rings (SSSR count). The summed E-state index contributed by atoms with van der Waals surface area (Å²) in [5.74, 6) is 0.912. The molecule has 1 aromatic heterocycles. The molecule has 5 heteroatoms. The molecule has 72 valence electrons. The molecule has 0 aliphatic rings. The summed E-state index contributed by atoms with van der Waals surface area (Å²) < 4.78 is 5.27. The van der Waals surface area contributed by atoms with Crippen LogP contribution in [0.15, 0.2) is 6.33 Å². The lowest BCUT2D eigenvalue weighted by atomic mass is 10.3. The topological polar surface area (TPSA) is 81.3 Å². The van der Waals surface area contributed by atoms with Gasteiger partial charge in [-0.2, -0.15) is 0 Å². The summed E-state index contributed by atoms with van der Waals surface area (Å²) in [5, 5.41) is 8.53. The van der Waals surface area contributed by atoms with Gasteiger partial charge in [-0.3, -0.25) is 0 Å². The van der Waals surface area contributed by atoms with Gasteiger partial charge in [0.15, 0.2) is 0 Å². The highest BCUT2D eigenvalue weighted by Gasteiger charge is 2.04. The molecule has 1 heterocycles. The van der Waals surface area contributed by atoms with Gasteiger partial charge in [0.1, 0.15) is 12.1 Å². The number of hydrogen-bond donors (Lipinski definition) is 2. The summed E-state index contributed by atoms with van der Waals surface area (Å²) in [4.78, 5) is 7.72. The zero-order valence-corrected chi connectivity index (χ0v) is 7.53. The molecule has 0 aliphatic carbocycles. The summed E-state index contributed by atoms with van der Waals surface area (Å²) in [6.45, 7) is 2.34. The Hall–Kier alpha value is -1.36. The fourth-order valence-electron chi connectivity index (χ4n) is 0.826. The average molecular weight is 183 g/mol. The quantitative estimate of drug-likeness (QED) is 0.648. The van der Waals surface area contributed by atoms with Crippen LogP contribution in [0, 0.1) is 6.92 Å². The Labute approximate surface area is 76.6 Å². The van der Waals surface area contributed by atoms with Gasteiger partial charge in [-0.1, -0.05) is 0 Å². The molecule has 0 aliphatic heterocycles. The molecule has 13 heavy (non-hydrogen) atoms. The SMILES string of the molecule is Cc1c(N)ncnc1OCCCO. The molecule has 0 bridgehead atoms. The predicted octanol–water partition coefficient (Wildman–Crippen LogP) is 0.128. The van der Waals surface area contributed by atoms with Gasteiger partial charge < -0.3 is 15.6 Å². The normalized spacial score (nSPS) is 10.0. The highest BCUT2D eigenvalue weighted by atomic mass is 16.5. The highest BCUT2D eigenvalue weighted by molar-refractivity contribution is 5.42. The van der Waals surface area contributed by atoms with Crippen molar-refractivity contribution in [2.75, 3.05) is 18.9 Å². The third-order valence-electron chi connectivity index (χ3n) is 1.62. The van der Waals surface area contributed by atoms with E-state index < -0.39 is 0 Å². The van der Waals surface area contributed by atoms with Crippen LogP contribution >= 0.6 is 0 Å². The lowest BCUT2D eigenvalue weighted by Gasteiger charge is -2.07. The van der Waals surface area contributed by atoms with Gasteiger partial charge in [-0.25, -0.2) is 9.97 Å². The molecule has 0 radical (unpaired) electrons. The van der Waals surface area contributed by atoms with Crippen LogP contribution in [-0.4, -0.2) is 28.3 Å². The number of ether oxygens (including phenoxy) is 1. The van der Waals surface area contributed by atoms with E-state index in [0.29, 0.717) is 24.7 Å². The Balaban J connectivity index is 2.61. The molecule has 3 N–H and O–H groups in total. The van der Waals surface area contributed by atoms with Gasteiger partial charge in [0.2, 0.25) is 5.88 Å². The molecule has 0 fully saturated rings. The van der Waals surface area contributed by atoms with Crippen LogP contribution in [0.5, 0.6) is 5.88 Å². The number of aromatic nitrogens is 2. The molecule has 1 aromatic rings. The Bertz CT molecular complexity index is 278. The molecular formula is C8H13N3O2. The third kappa shape index (κ3) is 2.55. The lowest BCUT2D eigenvalue weighted by Crippen LogP contribution is -2.05. The minimum atomic E-state index is 0.111. The number of aliphatic hydroxyl groups excluding tert-OH is 1. The monoisotopic (exact) mass is 183 g/mol. The molecule has 0 amide bonds. The first-order chi connectivity index (χ1) is 6.25. The zero-order valence-electron chi connectivity index (χ0n) is 7.53. The fourth-order valence-corrected chi connectivity index (χ4v) is 0.826. The van der Waals surface area contributed by atoms with Crippen molar-refractivity contribution in [3.63, 3.8) is 0 Å². The fraction of sp³-hybridized carbons (Fsp3) is 0.500. The van der Waals surface area contributed by atoms with Gasteiger partial charge in [0, 0.05) is 13.0 Å². The Morgan fingerprint density at radius 2 is 2.31 bits per heavy atom. The Morgan fingerprint density at radius 3 is 3.00 bits per heavy atom. The first kappa shape index (κ1) is 9.73. The highest BCUT2D eigenvalue weighted by Crippen LogP contribution is 2.17. The summed E-state index contributed by atoms with van der Waals surface area (Å²) in [6, 6.07) is 0. The molecule has 5 nitrogen and oxygen atoms in total. The standard InChI is InChI=1S/C8H13N3O2/c1-6-7(9)10-5-11-8(6)13-4-2-3-12/h5,12H,2-4H2,1H3,(H2,9,10,11).